The van der Waals surface area contributed by atoms with Crippen LogP contribution in [0.4, 0.5) is 5.69 Å². The third-order valence-electron chi connectivity index (χ3n) is 4.63. The fourth-order valence-corrected chi connectivity index (χ4v) is 3.50. The minimum absolute atomic E-state index is 0.772. The molecule has 0 N–H and O–H groups in total. The lowest BCUT2D eigenvalue weighted by Gasteiger charge is -2.38. The highest BCUT2D eigenvalue weighted by Gasteiger charge is 2.30. The van der Waals surface area contributed by atoms with Gasteiger partial charge in [0, 0.05) is 36.9 Å². The van der Waals surface area contributed by atoms with Crippen molar-refractivity contribution in [1.82, 2.24) is 4.90 Å². The molecule has 0 bridgehead atoms. The van der Waals surface area contributed by atoms with E-state index in [4.69, 9.17) is 4.42 Å². The normalized spacial score (nSPS) is 23.0. The molecule has 1 atom stereocenters. The Bertz CT molecular complexity index is 561. The van der Waals surface area contributed by atoms with Gasteiger partial charge in [0.15, 0.2) is 0 Å². The van der Waals surface area contributed by atoms with Gasteiger partial charge in [-0.25, -0.2) is 0 Å². The molecule has 104 valence electrons. The summed E-state index contributed by atoms with van der Waals surface area (Å²) in [6.07, 6.45) is 4.46. The van der Waals surface area contributed by atoms with Crippen LogP contribution in [0.1, 0.15) is 12.8 Å². The summed E-state index contributed by atoms with van der Waals surface area (Å²) in [6.45, 7) is 4.84. The highest BCUT2D eigenvalue weighted by molar-refractivity contribution is 5.62. The van der Waals surface area contributed by atoms with Crippen LogP contribution in [0.15, 0.2) is 47.1 Å². The number of nitrogens with zero attached hydrogens (tertiary/aromatic N) is 2. The van der Waals surface area contributed by atoms with Gasteiger partial charge in [-0.05, 0) is 55.8 Å². The molecule has 0 amide bonds. The molecule has 0 aliphatic carbocycles. The van der Waals surface area contributed by atoms with Gasteiger partial charge in [-0.15, -0.1) is 0 Å². The Morgan fingerprint density at radius 1 is 1.00 bits per heavy atom. The molecule has 3 heterocycles. The standard InChI is InChI=1S/C17H20N2O/c1-3-16-13-19(11-10-18(16)9-1)15-7-5-14(6-8-15)17-4-2-12-20-17/h2,4-8,12,16H,1,3,9-11,13H2. The van der Waals surface area contributed by atoms with Gasteiger partial charge in [0.05, 0.1) is 6.26 Å². The molecular formula is C17H20N2O. The van der Waals surface area contributed by atoms with Crippen LogP contribution in [0.25, 0.3) is 11.3 Å². The average molecular weight is 268 g/mol. The second-order valence-corrected chi connectivity index (χ2v) is 5.80. The van der Waals surface area contributed by atoms with Gasteiger partial charge in [0.25, 0.3) is 0 Å². The average Bonchev–Trinajstić information content (AvgIpc) is 3.18. The molecule has 1 unspecified atom stereocenters. The van der Waals surface area contributed by atoms with Gasteiger partial charge in [0.2, 0.25) is 0 Å². The van der Waals surface area contributed by atoms with Crippen LogP contribution in [0.2, 0.25) is 0 Å². The van der Waals surface area contributed by atoms with E-state index < -0.39 is 0 Å². The summed E-state index contributed by atoms with van der Waals surface area (Å²) in [5.41, 5.74) is 2.49. The maximum atomic E-state index is 5.44. The van der Waals surface area contributed by atoms with Crippen LogP contribution in [-0.2, 0) is 0 Å². The summed E-state index contributed by atoms with van der Waals surface area (Å²) in [7, 11) is 0. The fourth-order valence-electron chi connectivity index (χ4n) is 3.50. The lowest BCUT2D eigenvalue weighted by Crippen LogP contribution is -2.50. The Kier molecular flexibility index (Phi) is 3.00. The van der Waals surface area contributed by atoms with E-state index in [0.29, 0.717) is 0 Å². The number of benzene rings is 1. The van der Waals surface area contributed by atoms with Gasteiger partial charge >= 0.3 is 0 Å². The predicted octanol–water partition coefficient (Wildman–Crippen LogP) is 3.23. The lowest BCUT2D eigenvalue weighted by atomic mass is 10.1. The van der Waals surface area contributed by atoms with E-state index in [1.54, 1.807) is 6.26 Å². The van der Waals surface area contributed by atoms with E-state index >= 15 is 0 Å². The van der Waals surface area contributed by atoms with E-state index in [1.165, 1.54) is 38.2 Å². The van der Waals surface area contributed by atoms with Crippen LogP contribution in [-0.4, -0.2) is 37.1 Å². The fraction of sp³-hybridized carbons (Fsp3) is 0.412. The summed E-state index contributed by atoms with van der Waals surface area (Å²) >= 11 is 0. The van der Waals surface area contributed by atoms with Crippen molar-refractivity contribution in [1.29, 1.82) is 0 Å². The van der Waals surface area contributed by atoms with Crippen molar-refractivity contribution >= 4 is 5.69 Å². The second kappa shape index (κ2) is 4.98. The van der Waals surface area contributed by atoms with E-state index in [2.05, 4.69) is 34.1 Å². The number of anilines is 1. The molecule has 3 heteroatoms. The molecule has 20 heavy (non-hydrogen) atoms. The summed E-state index contributed by atoms with van der Waals surface area (Å²) < 4.78 is 5.44. The van der Waals surface area contributed by atoms with Crippen molar-refractivity contribution in [3.8, 4) is 11.3 Å². The zero-order valence-corrected chi connectivity index (χ0v) is 11.7. The van der Waals surface area contributed by atoms with Crippen molar-refractivity contribution in [3.05, 3.63) is 42.7 Å². The number of fused-ring (bicyclic) bond motifs is 1. The summed E-state index contributed by atoms with van der Waals surface area (Å²) in [5, 5.41) is 0. The third kappa shape index (κ3) is 2.12. The van der Waals surface area contributed by atoms with Crippen LogP contribution < -0.4 is 4.90 Å². The maximum Gasteiger partial charge on any atom is 0.133 e. The van der Waals surface area contributed by atoms with Crippen molar-refractivity contribution < 1.29 is 4.42 Å². The first-order chi connectivity index (χ1) is 9.90. The first kappa shape index (κ1) is 12.0. The molecule has 0 radical (unpaired) electrons. The molecule has 1 aromatic carbocycles. The highest BCUT2D eigenvalue weighted by Crippen LogP contribution is 2.27. The van der Waals surface area contributed by atoms with Gasteiger partial charge in [0.1, 0.15) is 5.76 Å². The molecule has 4 rings (SSSR count). The van der Waals surface area contributed by atoms with E-state index in [-0.39, 0.29) is 0 Å². The van der Waals surface area contributed by atoms with E-state index in [9.17, 15) is 0 Å². The molecule has 0 spiro atoms. The molecule has 1 aromatic heterocycles. The minimum Gasteiger partial charge on any atom is -0.464 e. The Hall–Kier alpha value is -1.74. The Labute approximate surface area is 119 Å². The van der Waals surface area contributed by atoms with E-state index in [1.807, 2.05) is 12.1 Å². The topological polar surface area (TPSA) is 19.6 Å². The van der Waals surface area contributed by atoms with Crippen molar-refractivity contribution in [2.75, 3.05) is 31.1 Å². The molecule has 2 aliphatic rings. The number of hydrogen-bond donors (Lipinski definition) is 0. The largest absolute Gasteiger partial charge is 0.464 e. The number of rotatable bonds is 2. The second-order valence-electron chi connectivity index (χ2n) is 5.80. The van der Waals surface area contributed by atoms with Crippen LogP contribution in [0, 0.1) is 0 Å². The quantitative estimate of drug-likeness (QED) is 0.833. The first-order valence-electron chi connectivity index (χ1n) is 7.53. The molecular weight excluding hydrogens is 248 g/mol. The molecule has 2 fully saturated rings. The van der Waals surface area contributed by atoms with Crippen molar-refractivity contribution in [3.63, 3.8) is 0 Å². The zero-order chi connectivity index (χ0) is 13.4. The van der Waals surface area contributed by atoms with Gasteiger partial charge in [-0.1, -0.05) is 0 Å². The summed E-state index contributed by atoms with van der Waals surface area (Å²) in [6, 6.07) is 13.5. The number of piperazine rings is 1. The Morgan fingerprint density at radius 3 is 2.70 bits per heavy atom. The Balaban J connectivity index is 1.51. The Morgan fingerprint density at radius 2 is 1.90 bits per heavy atom. The zero-order valence-electron chi connectivity index (χ0n) is 11.7. The van der Waals surface area contributed by atoms with Gasteiger partial charge in [-0.2, -0.15) is 0 Å². The van der Waals surface area contributed by atoms with Crippen LogP contribution >= 0.6 is 0 Å². The maximum absolute atomic E-state index is 5.44. The minimum atomic E-state index is 0.772. The van der Waals surface area contributed by atoms with E-state index in [0.717, 1.165) is 23.9 Å². The molecule has 2 aliphatic heterocycles. The SMILES string of the molecule is c1coc(-c2ccc(N3CCN4CCCC4C3)cc2)c1. The van der Waals surface area contributed by atoms with Crippen molar-refractivity contribution in [2.45, 2.75) is 18.9 Å². The summed E-state index contributed by atoms with van der Waals surface area (Å²) in [4.78, 5) is 5.17. The smallest absolute Gasteiger partial charge is 0.133 e. The highest BCUT2D eigenvalue weighted by atomic mass is 16.3. The molecule has 3 nitrogen and oxygen atoms in total. The van der Waals surface area contributed by atoms with Crippen LogP contribution in [0.3, 0.4) is 0 Å². The van der Waals surface area contributed by atoms with Gasteiger partial charge < -0.3 is 9.32 Å². The molecule has 2 saturated heterocycles. The molecule has 0 saturated carbocycles. The number of hydrogen-bond acceptors (Lipinski definition) is 3. The first-order valence-corrected chi connectivity index (χ1v) is 7.53. The molecule has 2 aromatic rings. The van der Waals surface area contributed by atoms with Gasteiger partial charge in [-0.3, -0.25) is 4.90 Å². The van der Waals surface area contributed by atoms with Crippen LogP contribution in [0.5, 0.6) is 0 Å². The third-order valence-corrected chi connectivity index (χ3v) is 4.63. The monoisotopic (exact) mass is 268 g/mol. The number of furan rings is 1. The predicted molar refractivity (Wildman–Crippen MR) is 81.0 cm³/mol. The lowest BCUT2D eigenvalue weighted by molar-refractivity contribution is 0.231. The summed E-state index contributed by atoms with van der Waals surface area (Å²) in [5.74, 6) is 0.942. The van der Waals surface area contributed by atoms with Crippen molar-refractivity contribution in [2.24, 2.45) is 0 Å².